The Labute approximate surface area is 104 Å². The Hall–Kier alpha value is -0.730. The van der Waals surface area contributed by atoms with Gasteiger partial charge in [-0.2, -0.15) is 0 Å². The van der Waals surface area contributed by atoms with E-state index in [1.54, 1.807) is 0 Å². The molecule has 1 aliphatic rings. The first-order valence-corrected chi connectivity index (χ1v) is 5.80. The lowest BCUT2D eigenvalue weighted by molar-refractivity contribution is 0.267. The van der Waals surface area contributed by atoms with Gasteiger partial charge < -0.3 is 4.74 Å². The van der Waals surface area contributed by atoms with E-state index in [0.717, 1.165) is 31.9 Å². The van der Waals surface area contributed by atoms with Crippen LogP contribution in [0.4, 0.5) is 0 Å². The minimum absolute atomic E-state index is 0. The van der Waals surface area contributed by atoms with Crippen LogP contribution in [-0.2, 0) is 13.0 Å². The first-order chi connectivity index (χ1) is 7.33. The van der Waals surface area contributed by atoms with Crippen molar-refractivity contribution in [2.45, 2.75) is 26.8 Å². The minimum Gasteiger partial charge on any atom is -0.494 e. The van der Waals surface area contributed by atoms with Crippen molar-refractivity contribution in [2.24, 2.45) is 0 Å². The zero-order valence-corrected chi connectivity index (χ0v) is 10.8. The van der Waals surface area contributed by atoms with E-state index in [1.165, 1.54) is 17.7 Å². The number of likely N-dealkylation sites (N-methyl/N-ethyl adjacent to an activating group) is 1. The maximum atomic E-state index is 5.51. The van der Waals surface area contributed by atoms with Crippen molar-refractivity contribution >= 4 is 12.4 Å². The molecule has 0 spiro atoms. The van der Waals surface area contributed by atoms with Gasteiger partial charge in [0.2, 0.25) is 0 Å². The van der Waals surface area contributed by atoms with Gasteiger partial charge in [-0.25, -0.2) is 0 Å². The molecule has 0 bridgehead atoms. The predicted molar refractivity (Wildman–Crippen MR) is 69.5 cm³/mol. The molecular formula is C13H20ClNO. The van der Waals surface area contributed by atoms with Gasteiger partial charge in [0.25, 0.3) is 0 Å². The zero-order valence-electron chi connectivity index (χ0n) is 10.0. The maximum absolute atomic E-state index is 5.51. The zero-order chi connectivity index (χ0) is 10.7. The van der Waals surface area contributed by atoms with E-state index in [2.05, 4.69) is 30.0 Å². The number of ether oxygens (including phenoxy) is 1. The van der Waals surface area contributed by atoms with Crippen LogP contribution in [0, 0.1) is 0 Å². The summed E-state index contributed by atoms with van der Waals surface area (Å²) in [6.07, 6.45) is 1.16. The van der Waals surface area contributed by atoms with Gasteiger partial charge in [0.05, 0.1) is 6.61 Å². The molecule has 0 atom stereocenters. The molecular weight excluding hydrogens is 222 g/mol. The van der Waals surface area contributed by atoms with Crippen LogP contribution >= 0.6 is 12.4 Å². The van der Waals surface area contributed by atoms with Crippen LogP contribution in [-0.4, -0.2) is 24.6 Å². The van der Waals surface area contributed by atoms with Crippen molar-refractivity contribution in [1.29, 1.82) is 0 Å². The van der Waals surface area contributed by atoms with Crippen LogP contribution in [0.3, 0.4) is 0 Å². The molecule has 0 N–H and O–H groups in total. The van der Waals surface area contributed by atoms with Gasteiger partial charge in [-0.3, -0.25) is 4.90 Å². The molecule has 0 aliphatic carbocycles. The smallest absolute Gasteiger partial charge is 0.119 e. The van der Waals surface area contributed by atoms with Gasteiger partial charge in [-0.15, -0.1) is 12.4 Å². The number of fused-ring (bicyclic) bond motifs is 1. The number of halogens is 1. The number of nitrogens with zero attached hydrogens (tertiary/aromatic N) is 1. The second-order valence-corrected chi connectivity index (χ2v) is 3.98. The standard InChI is InChI=1S/C13H19NO.ClH/c1-3-14-8-7-11-9-13(15-4-2)6-5-12(11)10-14;/h5-6,9H,3-4,7-8,10H2,1-2H3;1H. The normalized spacial score (nSPS) is 15.1. The lowest BCUT2D eigenvalue weighted by Crippen LogP contribution is -2.30. The number of rotatable bonds is 3. The van der Waals surface area contributed by atoms with Gasteiger partial charge in [-0.05, 0) is 43.1 Å². The number of hydrogen-bond acceptors (Lipinski definition) is 2. The molecule has 1 heterocycles. The molecule has 1 aromatic carbocycles. The van der Waals surface area contributed by atoms with Crippen molar-refractivity contribution in [3.05, 3.63) is 29.3 Å². The molecule has 0 saturated heterocycles. The third-order valence-electron chi connectivity index (χ3n) is 3.03. The summed E-state index contributed by atoms with van der Waals surface area (Å²) in [6, 6.07) is 6.50. The highest BCUT2D eigenvalue weighted by molar-refractivity contribution is 5.85. The van der Waals surface area contributed by atoms with Crippen LogP contribution in [0.2, 0.25) is 0 Å². The second-order valence-electron chi connectivity index (χ2n) is 3.98. The van der Waals surface area contributed by atoms with E-state index < -0.39 is 0 Å². The van der Waals surface area contributed by atoms with Crippen molar-refractivity contribution < 1.29 is 4.74 Å². The third kappa shape index (κ3) is 2.89. The molecule has 0 unspecified atom stereocenters. The molecule has 3 heteroatoms. The van der Waals surface area contributed by atoms with Crippen LogP contribution in [0.15, 0.2) is 18.2 Å². The summed E-state index contributed by atoms with van der Waals surface area (Å²) in [5, 5.41) is 0. The van der Waals surface area contributed by atoms with Crippen molar-refractivity contribution in [2.75, 3.05) is 19.7 Å². The third-order valence-corrected chi connectivity index (χ3v) is 3.03. The molecule has 0 saturated carbocycles. The van der Waals surface area contributed by atoms with Crippen LogP contribution < -0.4 is 4.74 Å². The Balaban J connectivity index is 0.00000128. The van der Waals surface area contributed by atoms with E-state index in [1.807, 2.05) is 6.92 Å². The Morgan fingerprint density at radius 2 is 2.06 bits per heavy atom. The van der Waals surface area contributed by atoms with Crippen LogP contribution in [0.5, 0.6) is 5.75 Å². The summed E-state index contributed by atoms with van der Waals surface area (Å²) in [5.74, 6) is 1.01. The Kier molecular flexibility index (Phi) is 5.10. The van der Waals surface area contributed by atoms with Crippen LogP contribution in [0.1, 0.15) is 25.0 Å². The highest BCUT2D eigenvalue weighted by atomic mass is 35.5. The van der Waals surface area contributed by atoms with E-state index in [0.29, 0.717) is 0 Å². The highest BCUT2D eigenvalue weighted by Crippen LogP contribution is 2.23. The molecule has 1 aromatic rings. The summed E-state index contributed by atoms with van der Waals surface area (Å²) in [6.45, 7) is 8.42. The molecule has 0 aromatic heterocycles. The summed E-state index contributed by atoms with van der Waals surface area (Å²) in [5.41, 5.74) is 2.93. The molecule has 0 fully saturated rings. The first kappa shape index (κ1) is 13.3. The quantitative estimate of drug-likeness (QED) is 0.807. The molecule has 1 aliphatic heterocycles. The number of hydrogen-bond donors (Lipinski definition) is 0. The van der Waals surface area contributed by atoms with Gasteiger partial charge in [-0.1, -0.05) is 13.0 Å². The lowest BCUT2D eigenvalue weighted by Gasteiger charge is -2.27. The maximum Gasteiger partial charge on any atom is 0.119 e. The average Bonchev–Trinajstić information content (AvgIpc) is 2.29. The average molecular weight is 242 g/mol. The fraction of sp³-hybridized carbons (Fsp3) is 0.538. The van der Waals surface area contributed by atoms with Gasteiger partial charge in [0.1, 0.15) is 5.75 Å². The second kappa shape index (κ2) is 6.12. The highest BCUT2D eigenvalue weighted by Gasteiger charge is 2.14. The van der Waals surface area contributed by atoms with Gasteiger partial charge in [0.15, 0.2) is 0 Å². The fourth-order valence-corrected chi connectivity index (χ4v) is 2.11. The van der Waals surface area contributed by atoms with Gasteiger partial charge >= 0.3 is 0 Å². The van der Waals surface area contributed by atoms with Crippen molar-refractivity contribution in [3.8, 4) is 5.75 Å². The van der Waals surface area contributed by atoms with E-state index >= 15 is 0 Å². The van der Waals surface area contributed by atoms with Crippen molar-refractivity contribution in [1.82, 2.24) is 4.90 Å². The van der Waals surface area contributed by atoms with E-state index in [9.17, 15) is 0 Å². The Bertz CT molecular complexity index is 341. The summed E-state index contributed by atoms with van der Waals surface area (Å²) < 4.78 is 5.51. The molecule has 0 radical (unpaired) electrons. The Morgan fingerprint density at radius 3 is 2.75 bits per heavy atom. The summed E-state index contributed by atoms with van der Waals surface area (Å²) in [7, 11) is 0. The molecule has 16 heavy (non-hydrogen) atoms. The van der Waals surface area contributed by atoms with E-state index in [-0.39, 0.29) is 12.4 Å². The minimum atomic E-state index is 0. The van der Waals surface area contributed by atoms with E-state index in [4.69, 9.17) is 4.74 Å². The predicted octanol–water partition coefficient (Wildman–Crippen LogP) is 2.89. The molecule has 90 valence electrons. The topological polar surface area (TPSA) is 12.5 Å². The first-order valence-electron chi connectivity index (χ1n) is 5.80. The summed E-state index contributed by atoms with van der Waals surface area (Å²) in [4.78, 5) is 2.47. The SMILES string of the molecule is CCOc1ccc2c(c1)CCN(CC)C2.Cl. The lowest BCUT2D eigenvalue weighted by atomic mass is 9.99. The fourth-order valence-electron chi connectivity index (χ4n) is 2.11. The molecule has 2 nitrogen and oxygen atoms in total. The van der Waals surface area contributed by atoms with Crippen molar-refractivity contribution in [3.63, 3.8) is 0 Å². The molecule has 0 amide bonds. The molecule has 2 rings (SSSR count). The van der Waals surface area contributed by atoms with Crippen LogP contribution in [0.25, 0.3) is 0 Å². The monoisotopic (exact) mass is 241 g/mol. The van der Waals surface area contributed by atoms with Gasteiger partial charge in [0, 0.05) is 13.1 Å². The number of benzene rings is 1. The largest absolute Gasteiger partial charge is 0.494 e. The summed E-state index contributed by atoms with van der Waals surface area (Å²) >= 11 is 0. The Morgan fingerprint density at radius 1 is 1.25 bits per heavy atom.